The van der Waals surface area contributed by atoms with Crippen LogP contribution in [0.15, 0.2) is 18.2 Å². The SMILES string of the molecule is CC(N)C(CC1CCCCC1)NC(=O)N1CCC[C@@H]([C@@](O)(CCCNC(=O)O)c2cccc(Cl)c2F)C1. The first-order chi connectivity index (χ1) is 17.6. The van der Waals surface area contributed by atoms with Gasteiger partial charge >= 0.3 is 12.1 Å². The standard InChI is InChI=1S/C27H42ClFN4O4/c1-18(30)23(16-19-8-3-2-4-9-19)32-25(34)33-15-6-10-20(17-33)27(37,13-7-14-31-26(35)36)21-11-5-12-22(28)24(21)29/h5,11-12,18-20,23,31,37H,2-4,6-10,13-17,30H2,1H3,(H,32,34)(H,35,36)/t18?,20-,23?,27+/m1/s1. The van der Waals surface area contributed by atoms with Crippen LogP contribution in [0.1, 0.15) is 76.7 Å². The van der Waals surface area contributed by atoms with Crippen molar-refractivity contribution in [3.8, 4) is 0 Å². The highest BCUT2D eigenvalue weighted by atomic mass is 35.5. The van der Waals surface area contributed by atoms with Crippen LogP contribution in [0.2, 0.25) is 5.02 Å². The molecule has 3 rings (SSSR count). The number of carbonyl (C=O) groups is 2. The Kier molecular flexibility index (Phi) is 10.8. The molecule has 0 bridgehead atoms. The first kappa shape index (κ1) is 29.5. The van der Waals surface area contributed by atoms with Crippen molar-refractivity contribution in [3.63, 3.8) is 0 Å². The quantitative estimate of drug-likeness (QED) is 0.272. The summed E-state index contributed by atoms with van der Waals surface area (Å²) in [4.78, 5) is 25.9. The Morgan fingerprint density at radius 1 is 1.24 bits per heavy atom. The second-order valence-electron chi connectivity index (χ2n) is 10.8. The van der Waals surface area contributed by atoms with Crippen LogP contribution in [0, 0.1) is 17.7 Å². The van der Waals surface area contributed by atoms with E-state index < -0.39 is 23.4 Å². The van der Waals surface area contributed by atoms with E-state index >= 15 is 4.39 Å². The number of nitrogens with one attached hydrogen (secondary N) is 2. The zero-order chi connectivity index (χ0) is 27.0. The van der Waals surface area contributed by atoms with E-state index in [4.69, 9.17) is 22.4 Å². The van der Waals surface area contributed by atoms with Crippen molar-refractivity contribution in [3.05, 3.63) is 34.6 Å². The molecule has 1 aromatic rings. The molecule has 0 radical (unpaired) electrons. The third-order valence-corrected chi connectivity index (χ3v) is 8.36. The average Bonchev–Trinajstić information content (AvgIpc) is 2.88. The molecule has 1 saturated heterocycles. The van der Waals surface area contributed by atoms with Crippen molar-refractivity contribution in [2.75, 3.05) is 19.6 Å². The number of halogens is 2. The maximum atomic E-state index is 15.1. The predicted octanol–water partition coefficient (Wildman–Crippen LogP) is 4.82. The highest BCUT2D eigenvalue weighted by Crippen LogP contribution is 2.41. The van der Waals surface area contributed by atoms with Gasteiger partial charge in [0.25, 0.3) is 0 Å². The molecule has 37 heavy (non-hydrogen) atoms. The predicted molar refractivity (Wildman–Crippen MR) is 142 cm³/mol. The summed E-state index contributed by atoms with van der Waals surface area (Å²) in [5, 5.41) is 26.1. The van der Waals surface area contributed by atoms with Crippen LogP contribution in [0.3, 0.4) is 0 Å². The van der Waals surface area contributed by atoms with Crippen molar-refractivity contribution in [1.82, 2.24) is 15.5 Å². The number of rotatable bonds is 10. The van der Waals surface area contributed by atoms with Gasteiger partial charge in [0.1, 0.15) is 5.82 Å². The second-order valence-corrected chi connectivity index (χ2v) is 11.2. The minimum Gasteiger partial charge on any atom is -0.465 e. The van der Waals surface area contributed by atoms with Crippen molar-refractivity contribution >= 4 is 23.7 Å². The summed E-state index contributed by atoms with van der Waals surface area (Å²) < 4.78 is 15.1. The molecule has 208 valence electrons. The van der Waals surface area contributed by atoms with Gasteiger partial charge in [0, 0.05) is 43.2 Å². The Bertz CT molecular complexity index is 914. The molecule has 1 heterocycles. The summed E-state index contributed by atoms with van der Waals surface area (Å²) in [5.41, 5.74) is 4.71. The van der Waals surface area contributed by atoms with Crippen LogP contribution in [-0.4, -0.2) is 59.0 Å². The molecule has 4 atom stereocenters. The third-order valence-electron chi connectivity index (χ3n) is 8.07. The molecule has 2 unspecified atom stereocenters. The summed E-state index contributed by atoms with van der Waals surface area (Å²) in [6.45, 7) is 2.81. The fourth-order valence-corrected chi connectivity index (χ4v) is 6.11. The van der Waals surface area contributed by atoms with E-state index in [1.54, 1.807) is 11.0 Å². The number of piperidine rings is 1. The topological polar surface area (TPSA) is 128 Å². The molecular weight excluding hydrogens is 499 g/mol. The number of hydrogen-bond donors (Lipinski definition) is 5. The van der Waals surface area contributed by atoms with Gasteiger partial charge in [-0.2, -0.15) is 0 Å². The number of carboxylic acid groups (broad SMARTS) is 1. The molecule has 3 amide bonds. The number of likely N-dealkylation sites (tertiary alicyclic amines) is 1. The molecule has 6 N–H and O–H groups in total. The molecular formula is C27H42ClFN4O4. The van der Waals surface area contributed by atoms with Gasteiger partial charge in [-0.3, -0.25) is 0 Å². The van der Waals surface area contributed by atoms with Gasteiger partial charge in [-0.25, -0.2) is 14.0 Å². The van der Waals surface area contributed by atoms with E-state index in [0.29, 0.717) is 31.7 Å². The second kappa shape index (κ2) is 13.6. The molecule has 1 aliphatic heterocycles. The molecule has 1 aromatic carbocycles. The van der Waals surface area contributed by atoms with Gasteiger partial charge in [0.2, 0.25) is 0 Å². The summed E-state index contributed by atoms with van der Waals surface area (Å²) in [6.07, 6.45) is 7.41. The summed E-state index contributed by atoms with van der Waals surface area (Å²) >= 11 is 6.05. The van der Waals surface area contributed by atoms with Crippen LogP contribution in [0.4, 0.5) is 14.0 Å². The lowest BCUT2D eigenvalue weighted by Crippen LogP contribution is -2.55. The Balaban J connectivity index is 1.74. The fourth-order valence-electron chi connectivity index (χ4n) is 5.94. The van der Waals surface area contributed by atoms with E-state index in [1.165, 1.54) is 44.2 Å². The van der Waals surface area contributed by atoms with Gasteiger partial charge in [0.05, 0.1) is 10.6 Å². The average molecular weight is 541 g/mol. The molecule has 10 heteroatoms. The highest BCUT2D eigenvalue weighted by Gasteiger charge is 2.43. The number of nitrogens with two attached hydrogens (primary N) is 1. The maximum Gasteiger partial charge on any atom is 0.404 e. The number of amides is 3. The van der Waals surface area contributed by atoms with E-state index in [-0.39, 0.29) is 48.2 Å². The van der Waals surface area contributed by atoms with Crippen LogP contribution in [0.5, 0.6) is 0 Å². The monoisotopic (exact) mass is 540 g/mol. The fraction of sp³-hybridized carbons (Fsp3) is 0.704. The molecule has 1 saturated carbocycles. The molecule has 0 aromatic heterocycles. The van der Waals surface area contributed by atoms with Gasteiger partial charge in [-0.15, -0.1) is 0 Å². The molecule has 8 nitrogen and oxygen atoms in total. The number of hydrogen-bond acceptors (Lipinski definition) is 4. The Hall–Kier alpha value is -2.10. The first-order valence-corrected chi connectivity index (χ1v) is 13.9. The van der Waals surface area contributed by atoms with Crippen molar-refractivity contribution in [2.45, 2.75) is 88.8 Å². The maximum absolute atomic E-state index is 15.1. The summed E-state index contributed by atoms with van der Waals surface area (Å²) in [6, 6.07) is 3.99. The molecule has 2 fully saturated rings. The van der Waals surface area contributed by atoms with E-state index in [9.17, 15) is 14.7 Å². The van der Waals surface area contributed by atoms with Crippen LogP contribution >= 0.6 is 11.6 Å². The zero-order valence-corrected chi connectivity index (χ0v) is 22.5. The zero-order valence-electron chi connectivity index (χ0n) is 21.7. The van der Waals surface area contributed by atoms with E-state index in [0.717, 1.165) is 6.42 Å². The highest BCUT2D eigenvalue weighted by molar-refractivity contribution is 6.30. The normalized spacial score (nSPS) is 22.1. The molecule has 1 aliphatic carbocycles. The van der Waals surface area contributed by atoms with Crippen LogP contribution < -0.4 is 16.4 Å². The molecule has 0 spiro atoms. The van der Waals surface area contributed by atoms with Gasteiger partial charge < -0.3 is 31.5 Å². The minimum atomic E-state index is -1.61. The summed E-state index contributed by atoms with van der Waals surface area (Å²) in [7, 11) is 0. The summed E-state index contributed by atoms with van der Waals surface area (Å²) in [5.74, 6) is -0.574. The van der Waals surface area contributed by atoms with E-state index in [1.807, 2.05) is 6.92 Å². The van der Waals surface area contributed by atoms with Crippen molar-refractivity contribution in [1.29, 1.82) is 0 Å². The number of urea groups is 1. The van der Waals surface area contributed by atoms with Crippen molar-refractivity contribution < 1.29 is 24.2 Å². The lowest BCUT2D eigenvalue weighted by atomic mass is 9.74. The number of nitrogens with zero attached hydrogens (tertiary/aromatic N) is 1. The van der Waals surface area contributed by atoms with E-state index in [2.05, 4.69) is 10.6 Å². The third kappa shape index (κ3) is 7.94. The van der Waals surface area contributed by atoms with Crippen LogP contribution in [0.25, 0.3) is 0 Å². The first-order valence-electron chi connectivity index (χ1n) is 13.6. The number of benzene rings is 1. The number of carbonyl (C=O) groups excluding carboxylic acids is 1. The van der Waals surface area contributed by atoms with Gasteiger partial charge in [-0.1, -0.05) is 55.8 Å². The Labute approximate surface area is 224 Å². The molecule has 2 aliphatic rings. The van der Waals surface area contributed by atoms with Crippen LogP contribution in [-0.2, 0) is 5.60 Å². The Morgan fingerprint density at radius 3 is 2.65 bits per heavy atom. The Morgan fingerprint density at radius 2 is 1.97 bits per heavy atom. The lowest BCUT2D eigenvalue weighted by molar-refractivity contribution is -0.0576. The number of aliphatic hydroxyl groups is 1. The minimum absolute atomic E-state index is 0.0772. The van der Waals surface area contributed by atoms with Gasteiger partial charge in [-0.05, 0) is 51.0 Å². The largest absolute Gasteiger partial charge is 0.465 e. The smallest absolute Gasteiger partial charge is 0.404 e. The van der Waals surface area contributed by atoms with Gasteiger partial charge in [0.15, 0.2) is 0 Å². The lowest BCUT2D eigenvalue weighted by Gasteiger charge is -2.43. The van der Waals surface area contributed by atoms with Crippen molar-refractivity contribution in [2.24, 2.45) is 17.6 Å².